The van der Waals surface area contributed by atoms with Crippen LogP contribution in [0.1, 0.15) is 6.42 Å². The lowest BCUT2D eigenvalue weighted by Crippen LogP contribution is -2.20. The molecule has 5 heteroatoms. The number of aryl methyl sites for hydroxylation is 1. The molecule has 0 fully saturated rings. The van der Waals surface area contributed by atoms with Crippen LogP contribution in [-0.2, 0) is 6.54 Å². The lowest BCUT2D eigenvalue weighted by atomic mass is 10.3. The third-order valence-electron chi connectivity index (χ3n) is 2.64. The number of hydrogen-bond acceptors (Lipinski definition) is 3. The molecule has 0 atom stereocenters. The van der Waals surface area contributed by atoms with Crippen LogP contribution in [0.4, 0.5) is 5.69 Å². The van der Waals surface area contributed by atoms with Gasteiger partial charge >= 0.3 is 0 Å². The number of nitrogens with zero attached hydrogens (tertiary/aromatic N) is 1. The van der Waals surface area contributed by atoms with E-state index in [4.69, 9.17) is 22.1 Å². The fraction of sp³-hybridized carbons (Fsp3) is 0.214. The summed E-state index contributed by atoms with van der Waals surface area (Å²) in [5.41, 5.74) is 6.15. The predicted octanol–water partition coefficient (Wildman–Crippen LogP) is 2.55. The Morgan fingerprint density at radius 1 is 1.21 bits per heavy atom. The molecule has 1 aromatic heterocycles. The van der Waals surface area contributed by atoms with E-state index in [1.54, 1.807) is 22.9 Å². The summed E-state index contributed by atoms with van der Waals surface area (Å²) in [4.78, 5) is 11.5. The average molecular weight is 279 g/mol. The van der Waals surface area contributed by atoms with Crippen LogP contribution < -0.4 is 16.0 Å². The van der Waals surface area contributed by atoms with E-state index in [1.165, 1.54) is 6.07 Å². The number of aromatic nitrogens is 1. The molecule has 1 heterocycles. The Labute approximate surface area is 116 Å². The smallest absolute Gasteiger partial charge is 0.250 e. The molecule has 0 bridgehead atoms. The third kappa shape index (κ3) is 3.76. The van der Waals surface area contributed by atoms with Gasteiger partial charge in [0.1, 0.15) is 5.75 Å². The van der Waals surface area contributed by atoms with Crippen molar-refractivity contribution < 1.29 is 4.74 Å². The van der Waals surface area contributed by atoms with Gasteiger partial charge < -0.3 is 15.0 Å². The second-order valence-electron chi connectivity index (χ2n) is 4.13. The Kier molecular flexibility index (Phi) is 4.47. The lowest BCUT2D eigenvalue weighted by Gasteiger charge is -2.09. The second-order valence-corrected chi connectivity index (χ2v) is 4.53. The molecule has 2 aromatic rings. The average Bonchev–Trinajstić information content (AvgIpc) is 2.40. The van der Waals surface area contributed by atoms with Crippen LogP contribution in [0.2, 0.25) is 5.02 Å². The fourth-order valence-electron chi connectivity index (χ4n) is 1.70. The number of para-hydroxylation sites is 1. The van der Waals surface area contributed by atoms with E-state index >= 15 is 0 Å². The standard InChI is InChI=1S/C14H15ClN2O2/c15-12-4-1-2-5-13(12)19-9-3-8-17-10-11(16)6-7-14(17)18/h1-2,4-7,10H,3,8-9,16H2. The van der Waals surface area contributed by atoms with Crippen LogP contribution in [0.3, 0.4) is 0 Å². The van der Waals surface area contributed by atoms with Crippen LogP contribution in [0.25, 0.3) is 0 Å². The minimum Gasteiger partial charge on any atom is -0.492 e. The molecule has 0 radical (unpaired) electrons. The molecule has 19 heavy (non-hydrogen) atoms. The monoisotopic (exact) mass is 278 g/mol. The molecule has 0 saturated carbocycles. The Morgan fingerprint density at radius 2 is 2.00 bits per heavy atom. The molecule has 0 amide bonds. The maximum atomic E-state index is 11.5. The molecule has 0 aliphatic heterocycles. The normalized spacial score (nSPS) is 10.4. The third-order valence-corrected chi connectivity index (χ3v) is 2.96. The number of nitrogens with two attached hydrogens (primary N) is 1. The molecule has 1 aromatic carbocycles. The maximum absolute atomic E-state index is 11.5. The summed E-state index contributed by atoms with van der Waals surface area (Å²) in [7, 11) is 0. The largest absolute Gasteiger partial charge is 0.492 e. The minimum absolute atomic E-state index is 0.0630. The molecule has 2 N–H and O–H groups in total. The molecule has 100 valence electrons. The Hall–Kier alpha value is -1.94. The van der Waals surface area contributed by atoms with Gasteiger partial charge in [0.2, 0.25) is 0 Å². The van der Waals surface area contributed by atoms with E-state index in [0.29, 0.717) is 36.0 Å². The zero-order valence-electron chi connectivity index (χ0n) is 10.4. The van der Waals surface area contributed by atoms with Gasteiger partial charge in [-0.25, -0.2) is 0 Å². The van der Waals surface area contributed by atoms with Gasteiger partial charge in [-0.2, -0.15) is 0 Å². The highest BCUT2D eigenvalue weighted by Crippen LogP contribution is 2.23. The molecule has 0 saturated heterocycles. The van der Waals surface area contributed by atoms with Gasteiger partial charge in [0.25, 0.3) is 5.56 Å². The zero-order chi connectivity index (χ0) is 13.7. The van der Waals surface area contributed by atoms with Crippen molar-refractivity contribution in [3.63, 3.8) is 0 Å². The second kappa shape index (κ2) is 6.29. The van der Waals surface area contributed by atoms with E-state index in [-0.39, 0.29) is 5.56 Å². The highest BCUT2D eigenvalue weighted by atomic mass is 35.5. The summed E-state index contributed by atoms with van der Waals surface area (Å²) >= 11 is 5.97. The van der Waals surface area contributed by atoms with Crippen molar-refractivity contribution in [3.05, 3.63) is 58.0 Å². The first-order valence-corrected chi connectivity index (χ1v) is 6.38. The zero-order valence-corrected chi connectivity index (χ0v) is 11.1. The topological polar surface area (TPSA) is 57.2 Å². The highest BCUT2D eigenvalue weighted by molar-refractivity contribution is 6.32. The van der Waals surface area contributed by atoms with Crippen molar-refractivity contribution in [2.45, 2.75) is 13.0 Å². The quantitative estimate of drug-likeness (QED) is 0.855. The number of pyridine rings is 1. The molecule has 0 unspecified atom stereocenters. The molecule has 4 nitrogen and oxygen atoms in total. The van der Waals surface area contributed by atoms with Gasteiger partial charge in [-0.3, -0.25) is 4.79 Å². The predicted molar refractivity (Wildman–Crippen MR) is 76.7 cm³/mol. The minimum atomic E-state index is -0.0630. The van der Waals surface area contributed by atoms with Crippen LogP contribution in [0.5, 0.6) is 5.75 Å². The van der Waals surface area contributed by atoms with Crippen molar-refractivity contribution >= 4 is 17.3 Å². The number of halogens is 1. The van der Waals surface area contributed by atoms with Gasteiger partial charge in [-0.1, -0.05) is 23.7 Å². The number of hydrogen-bond donors (Lipinski definition) is 1. The van der Waals surface area contributed by atoms with E-state index < -0.39 is 0 Å². The molecular formula is C14H15ClN2O2. The first-order valence-electron chi connectivity index (χ1n) is 6.00. The summed E-state index contributed by atoms with van der Waals surface area (Å²) in [6, 6.07) is 10.4. The molecule has 0 spiro atoms. The van der Waals surface area contributed by atoms with Gasteiger partial charge in [0.05, 0.1) is 11.6 Å². The van der Waals surface area contributed by atoms with Crippen molar-refractivity contribution in [2.24, 2.45) is 0 Å². The molecule has 0 aliphatic carbocycles. The summed E-state index contributed by atoms with van der Waals surface area (Å²) in [6.45, 7) is 1.05. The van der Waals surface area contributed by atoms with Gasteiger partial charge in [0.15, 0.2) is 0 Å². The molecular weight excluding hydrogens is 264 g/mol. The fourth-order valence-corrected chi connectivity index (χ4v) is 1.89. The summed E-state index contributed by atoms with van der Waals surface area (Å²) < 4.78 is 7.12. The number of nitrogen functional groups attached to an aromatic ring is 1. The van der Waals surface area contributed by atoms with E-state index in [2.05, 4.69) is 0 Å². The van der Waals surface area contributed by atoms with Crippen LogP contribution >= 0.6 is 11.6 Å². The van der Waals surface area contributed by atoms with E-state index in [0.717, 1.165) is 0 Å². The van der Waals surface area contributed by atoms with E-state index in [9.17, 15) is 4.79 Å². The number of benzene rings is 1. The Bertz CT molecular complexity index is 610. The highest BCUT2D eigenvalue weighted by Gasteiger charge is 2.00. The van der Waals surface area contributed by atoms with E-state index in [1.807, 2.05) is 18.2 Å². The van der Waals surface area contributed by atoms with Gasteiger partial charge in [-0.05, 0) is 24.6 Å². The van der Waals surface area contributed by atoms with Crippen molar-refractivity contribution in [1.82, 2.24) is 4.57 Å². The number of anilines is 1. The lowest BCUT2D eigenvalue weighted by molar-refractivity contribution is 0.301. The Balaban J connectivity index is 1.86. The Morgan fingerprint density at radius 3 is 2.79 bits per heavy atom. The van der Waals surface area contributed by atoms with Gasteiger partial charge in [0, 0.05) is 24.5 Å². The summed E-state index contributed by atoms with van der Waals surface area (Å²) in [5, 5.41) is 0.587. The summed E-state index contributed by atoms with van der Waals surface area (Å²) in [6.07, 6.45) is 2.34. The SMILES string of the molecule is Nc1ccc(=O)n(CCCOc2ccccc2Cl)c1. The van der Waals surface area contributed by atoms with Crippen LogP contribution in [0, 0.1) is 0 Å². The summed E-state index contributed by atoms with van der Waals surface area (Å²) in [5.74, 6) is 0.657. The van der Waals surface area contributed by atoms with Gasteiger partial charge in [-0.15, -0.1) is 0 Å². The first kappa shape index (κ1) is 13.5. The van der Waals surface area contributed by atoms with Crippen molar-refractivity contribution in [3.8, 4) is 5.75 Å². The number of ether oxygens (including phenoxy) is 1. The molecule has 2 rings (SSSR count). The van der Waals surface area contributed by atoms with Crippen LogP contribution in [0.15, 0.2) is 47.4 Å². The van der Waals surface area contributed by atoms with Crippen LogP contribution in [-0.4, -0.2) is 11.2 Å². The van der Waals surface area contributed by atoms with Crippen molar-refractivity contribution in [2.75, 3.05) is 12.3 Å². The molecule has 0 aliphatic rings. The number of rotatable bonds is 5. The first-order chi connectivity index (χ1) is 9.16. The van der Waals surface area contributed by atoms with Crippen molar-refractivity contribution in [1.29, 1.82) is 0 Å². The maximum Gasteiger partial charge on any atom is 0.250 e.